The van der Waals surface area contributed by atoms with Gasteiger partial charge in [0, 0.05) is 18.2 Å². The number of hydrogen-bond donors (Lipinski definition) is 1. The Labute approximate surface area is 130 Å². The van der Waals surface area contributed by atoms with Crippen molar-refractivity contribution in [1.82, 2.24) is 10.2 Å². The molecule has 0 spiro atoms. The molecule has 21 heavy (non-hydrogen) atoms. The fourth-order valence-electron chi connectivity index (χ4n) is 3.29. The average molecular weight is 292 g/mol. The summed E-state index contributed by atoms with van der Waals surface area (Å²) in [5, 5.41) is 3.43. The van der Waals surface area contributed by atoms with E-state index in [0.29, 0.717) is 11.5 Å². The molecule has 0 aliphatic carbocycles. The van der Waals surface area contributed by atoms with Gasteiger partial charge in [-0.15, -0.1) is 0 Å². The molecule has 3 heteroatoms. The third-order valence-electron chi connectivity index (χ3n) is 5.22. The van der Waals surface area contributed by atoms with Gasteiger partial charge in [-0.3, -0.25) is 4.90 Å². The summed E-state index contributed by atoms with van der Waals surface area (Å²) in [6.07, 6.45) is 7.22. The van der Waals surface area contributed by atoms with Crippen LogP contribution in [0, 0.1) is 5.41 Å². The van der Waals surface area contributed by atoms with Crippen LogP contribution in [0.2, 0.25) is 0 Å². The molecule has 0 saturated carbocycles. The van der Waals surface area contributed by atoms with Gasteiger partial charge in [-0.05, 0) is 37.4 Å². The van der Waals surface area contributed by atoms with Gasteiger partial charge >= 0.3 is 0 Å². The molecule has 1 saturated heterocycles. The lowest BCUT2D eigenvalue weighted by Gasteiger charge is -2.40. The fourth-order valence-corrected chi connectivity index (χ4v) is 3.29. The van der Waals surface area contributed by atoms with E-state index in [-0.39, 0.29) is 0 Å². The van der Waals surface area contributed by atoms with E-state index >= 15 is 0 Å². The van der Waals surface area contributed by atoms with Crippen molar-refractivity contribution < 1.29 is 4.42 Å². The first kappa shape index (κ1) is 16.6. The second kappa shape index (κ2) is 7.46. The third kappa shape index (κ3) is 4.58. The lowest BCUT2D eigenvalue weighted by molar-refractivity contribution is 0.0863. The Hall–Kier alpha value is -0.800. The molecule has 0 atom stereocenters. The van der Waals surface area contributed by atoms with Crippen molar-refractivity contribution in [1.29, 1.82) is 0 Å². The Kier molecular flexibility index (Phi) is 5.88. The van der Waals surface area contributed by atoms with Gasteiger partial charge in [-0.2, -0.15) is 0 Å². The van der Waals surface area contributed by atoms with Crippen molar-refractivity contribution in [2.24, 2.45) is 5.41 Å². The number of hydrogen-bond acceptors (Lipinski definition) is 3. The third-order valence-corrected chi connectivity index (χ3v) is 5.22. The number of nitrogens with one attached hydrogen (secondary N) is 1. The normalized spacial score (nSPS) is 19.3. The van der Waals surface area contributed by atoms with Crippen molar-refractivity contribution >= 4 is 0 Å². The summed E-state index contributed by atoms with van der Waals surface area (Å²) >= 11 is 0. The summed E-state index contributed by atoms with van der Waals surface area (Å²) in [5.74, 6) is 1.11. The summed E-state index contributed by atoms with van der Waals surface area (Å²) in [6.45, 7) is 13.3. The summed E-state index contributed by atoms with van der Waals surface area (Å²) in [6, 6.07) is 2.72. The highest BCUT2D eigenvalue weighted by Crippen LogP contribution is 2.38. The molecular formula is C18H32N2O. The van der Waals surface area contributed by atoms with Gasteiger partial charge < -0.3 is 9.73 Å². The number of likely N-dealkylation sites (tertiary alicyclic amines) is 1. The lowest BCUT2D eigenvalue weighted by atomic mass is 9.74. The van der Waals surface area contributed by atoms with E-state index in [1.807, 2.05) is 6.26 Å². The Morgan fingerprint density at radius 3 is 2.48 bits per heavy atom. The lowest BCUT2D eigenvalue weighted by Crippen LogP contribution is -2.39. The average Bonchev–Trinajstić information content (AvgIpc) is 2.94. The standard InChI is InChI=1S/C18H32N2O/c1-5-18(6-2)7-9-20(10-8-18)13-17-11-16(14-21-17)12-19-15(3)4/h11,14-15,19H,5-10,12-13H2,1-4H3. The van der Waals surface area contributed by atoms with Crippen LogP contribution in [0.3, 0.4) is 0 Å². The highest BCUT2D eigenvalue weighted by molar-refractivity contribution is 5.12. The first-order valence-electron chi connectivity index (χ1n) is 8.59. The minimum atomic E-state index is 0.515. The smallest absolute Gasteiger partial charge is 0.118 e. The van der Waals surface area contributed by atoms with Gasteiger partial charge in [0.2, 0.25) is 0 Å². The highest BCUT2D eigenvalue weighted by Gasteiger charge is 2.31. The summed E-state index contributed by atoms with van der Waals surface area (Å²) in [5.41, 5.74) is 1.86. The highest BCUT2D eigenvalue weighted by atomic mass is 16.3. The summed E-state index contributed by atoms with van der Waals surface area (Å²) in [4.78, 5) is 2.54. The fraction of sp³-hybridized carbons (Fsp3) is 0.778. The maximum absolute atomic E-state index is 5.72. The Morgan fingerprint density at radius 1 is 1.24 bits per heavy atom. The summed E-state index contributed by atoms with van der Waals surface area (Å²) in [7, 11) is 0. The van der Waals surface area contributed by atoms with Crippen LogP contribution >= 0.6 is 0 Å². The van der Waals surface area contributed by atoms with Crippen molar-refractivity contribution in [3.63, 3.8) is 0 Å². The Balaban J connectivity index is 1.81. The second-order valence-corrected chi connectivity index (χ2v) is 6.94. The quantitative estimate of drug-likeness (QED) is 0.817. The number of furan rings is 1. The molecule has 2 rings (SSSR count). The minimum Gasteiger partial charge on any atom is -0.468 e. The molecule has 3 nitrogen and oxygen atoms in total. The molecular weight excluding hydrogens is 260 g/mol. The largest absolute Gasteiger partial charge is 0.468 e. The number of rotatable bonds is 7. The molecule has 1 fully saturated rings. The zero-order valence-electron chi connectivity index (χ0n) is 14.2. The Bertz CT molecular complexity index is 411. The van der Waals surface area contributed by atoms with Gasteiger partial charge in [0.25, 0.3) is 0 Å². The van der Waals surface area contributed by atoms with Gasteiger partial charge in [-0.25, -0.2) is 0 Å². The van der Waals surface area contributed by atoms with E-state index in [9.17, 15) is 0 Å². The van der Waals surface area contributed by atoms with Gasteiger partial charge in [-0.1, -0.05) is 40.5 Å². The molecule has 0 bridgehead atoms. The van der Waals surface area contributed by atoms with E-state index in [1.165, 1.54) is 44.3 Å². The Morgan fingerprint density at radius 2 is 1.90 bits per heavy atom. The van der Waals surface area contributed by atoms with Crippen LogP contribution < -0.4 is 5.32 Å². The monoisotopic (exact) mass is 292 g/mol. The molecule has 1 aliphatic heterocycles. The predicted molar refractivity (Wildman–Crippen MR) is 88.2 cm³/mol. The van der Waals surface area contributed by atoms with Crippen molar-refractivity contribution in [3.8, 4) is 0 Å². The van der Waals surface area contributed by atoms with Gasteiger partial charge in [0.1, 0.15) is 5.76 Å². The molecule has 1 aromatic rings. The molecule has 0 radical (unpaired) electrons. The molecule has 1 aromatic heterocycles. The van der Waals surface area contributed by atoms with Gasteiger partial charge in [0.05, 0.1) is 12.8 Å². The zero-order valence-corrected chi connectivity index (χ0v) is 14.2. The van der Waals surface area contributed by atoms with Crippen LogP contribution in [0.25, 0.3) is 0 Å². The molecule has 2 heterocycles. The van der Waals surface area contributed by atoms with Crippen LogP contribution in [-0.4, -0.2) is 24.0 Å². The van der Waals surface area contributed by atoms with Crippen molar-refractivity contribution in [2.75, 3.05) is 13.1 Å². The van der Waals surface area contributed by atoms with Crippen LogP contribution in [0.1, 0.15) is 64.7 Å². The predicted octanol–water partition coefficient (Wildman–Crippen LogP) is 4.18. The number of piperidine rings is 1. The van der Waals surface area contributed by atoms with E-state index in [4.69, 9.17) is 4.42 Å². The van der Waals surface area contributed by atoms with Gasteiger partial charge in [0.15, 0.2) is 0 Å². The minimum absolute atomic E-state index is 0.515. The van der Waals surface area contributed by atoms with E-state index in [1.54, 1.807) is 0 Å². The summed E-state index contributed by atoms with van der Waals surface area (Å²) < 4.78 is 5.72. The first-order chi connectivity index (χ1) is 10.1. The van der Waals surface area contributed by atoms with Crippen LogP contribution in [0.5, 0.6) is 0 Å². The topological polar surface area (TPSA) is 28.4 Å². The SMILES string of the molecule is CCC1(CC)CCN(Cc2cc(CNC(C)C)co2)CC1. The van der Waals surface area contributed by atoms with Crippen LogP contribution in [-0.2, 0) is 13.1 Å². The van der Waals surface area contributed by atoms with E-state index in [2.05, 4.69) is 44.0 Å². The van der Waals surface area contributed by atoms with Crippen LogP contribution in [0.4, 0.5) is 0 Å². The maximum Gasteiger partial charge on any atom is 0.118 e. The zero-order chi connectivity index (χ0) is 15.3. The van der Waals surface area contributed by atoms with Crippen LogP contribution in [0.15, 0.2) is 16.7 Å². The van der Waals surface area contributed by atoms with Crippen molar-refractivity contribution in [3.05, 3.63) is 23.7 Å². The van der Waals surface area contributed by atoms with E-state index in [0.717, 1.165) is 18.8 Å². The molecule has 0 unspecified atom stereocenters. The maximum atomic E-state index is 5.72. The van der Waals surface area contributed by atoms with E-state index < -0.39 is 0 Å². The molecule has 1 N–H and O–H groups in total. The number of nitrogens with zero attached hydrogens (tertiary/aromatic N) is 1. The first-order valence-corrected chi connectivity index (χ1v) is 8.59. The van der Waals surface area contributed by atoms with Crippen molar-refractivity contribution in [2.45, 2.75) is 72.5 Å². The second-order valence-electron chi connectivity index (χ2n) is 6.94. The molecule has 0 amide bonds. The molecule has 1 aliphatic rings. The molecule has 0 aromatic carbocycles. The molecule has 120 valence electrons.